The number of nitro groups is 1. The second-order valence-corrected chi connectivity index (χ2v) is 6.24. The number of nitrogens with zero attached hydrogens (tertiary/aromatic N) is 4. The molecule has 0 aliphatic carbocycles. The van der Waals surface area contributed by atoms with Crippen molar-refractivity contribution in [2.24, 2.45) is 7.05 Å². The Hall–Kier alpha value is -2.81. The second-order valence-electron chi connectivity index (χ2n) is 5.18. The molecule has 9 heteroatoms. The van der Waals surface area contributed by atoms with Crippen LogP contribution in [-0.4, -0.2) is 32.0 Å². The van der Waals surface area contributed by atoms with Crippen LogP contribution in [0.2, 0.25) is 0 Å². The normalized spacial score (nSPS) is 10.8. The van der Waals surface area contributed by atoms with E-state index in [1.807, 2.05) is 24.6 Å². The fourth-order valence-electron chi connectivity index (χ4n) is 2.31. The van der Waals surface area contributed by atoms with Crippen molar-refractivity contribution in [1.29, 1.82) is 0 Å². The molecule has 2 heterocycles. The highest BCUT2D eigenvalue weighted by molar-refractivity contribution is 7.99. The Balaban J connectivity index is 1.60. The highest BCUT2D eigenvalue weighted by atomic mass is 32.2. The summed E-state index contributed by atoms with van der Waals surface area (Å²) in [6.45, 7) is 2.19. The van der Waals surface area contributed by atoms with E-state index >= 15 is 0 Å². The number of nitro benzene ring substituents is 1. The van der Waals surface area contributed by atoms with Crippen molar-refractivity contribution in [2.45, 2.75) is 12.1 Å². The monoisotopic (exact) mass is 360 g/mol. The first kappa shape index (κ1) is 17.0. The van der Waals surface area contributed by atoms with E-state index in [1.54, 1.807) is 24.5 Å². The first-order valence-electron chi connectivity index (χ1n) is 7.51. The molecule has 8 nitrogen and oxygen atoms in total. The summed E-state index contributed by atoms with van der Waals surface area (Å²) in [5.41, 5.74) is 0.863. The first-order valence-corrected chi connectivity index (χ1v) is 8.49. The molecule has 3 aromatic rings. The van der Waals surface area contributed by atoms with Crippen molar-refractivity contribution in [3.05, 3.63) is 52.5 Å². The van der Waals surface area contributed by atoms with Gasteiger partial charge in [-0.15, -0.1) is 10.2 Å². The van der Waals surface area contributed by atoms with Gasteiger partial charge in [-0.25, -0.2) is 0 Å². The SMILES string of the molecule is Cc1occc1-c1nnc(SCCOc2ccccc2[N+](=O)[O-])n1C. The van der Waals surface area contributed by atoms with Gasteiger partial charge in [-0.05, 0) is 19.1 Å². The molecule has 0 bridgehead atoms. The Morgan fingerprint density at radius 3 is 2.84 bits per heavy atom. The van der Waals surface area contributed by atoms with Gasteiger partial charge in [-0.3, -0.25) is 10.1 Å². The highest BCUT2D eigenvalue weighted by Crippen LogP contribution is 2.27. The molecular weight excluding hydrogens is 344 g/mol. The van der Waals surface area contributed by atoms with Crippen LogP contribution in [0.25, 0.3) is 11.4 Å². The first-order chi connectivity index (χ1) is 12.1. The Morgan fingerprint density at radius 2 is 2.12 bits per heavy atom. The van der Waals surface area contributed by atoms with Gasteiger partial charge in [0.25, 0.3) is 0 Å². The maximum atomic E-state index is 11.0. The molecule has 0 atom stereocenters. The summed E-state index contributed by atoms with van der Waals surface area (Å²) in [5, 5.41) is 20.1. The Kier molecular flexibility index (Phi) is 5.03. The molecule has 0 radical (unpaired) electrons. The highest BCUT2D eigenvalue weighted by Gasteiger charge is 2.16. The number of ether oxygens (including phenoxy) is 1. The molecule has 0 fully saturated rings. The second kappa shape index (κ2) is 7.39. The van der Waals surface area contributed by atoms with Gasteiger partial charge >= 0.3 is 5.69 Å². The molecule has 2 aromatic heterocycles. The van der Waals surface area contributed by atoms with E-state index in [1.165, 1.54) is 17.8 Å². The van der Waals surface area contributed by atoms with E-state index in [4.69, 9.17) is 9.15 Å². The average molecular weight is 360 g/mol. The lowest BCUT2D eigenvalue weighted by molar-refractivity contribution is -0.385. The van der Waals surface area contributed by atoms with Gasteiger partial charge in [0, 0.05) is 18.9 Å². The minimum Gasteiger partial charge on any atom is -0.486 e. The zero-order valence-corrected chi connectivity index (χ0v) is 14.5. The molecule has 0 unspecified atom stereocenters. The number of benzene rings is 1. The molecule has 0 saturated heterocycles. The Labute approximate surface area is 148 Å². The third-order valence-corrected chi connectivity index (χ3v) is 4.55. The summed E-state index contributed by atoms with van der Waals surface area (Å²) in [5.74, 6) is 2.36. The quantitative estimate of drug-likeness (QED) is 0.275. The van der Waals surface area contributed by atoms with E-state index < -0.39 is 4.92 Å². The Bertz CT molecular complexity index is 890. The third-order valence-electron chi connectivity index (χ3n) is 3.57. The molecule has 0 aliphatic rings. The summed E-state index contributed by atoms with van der Waals surface area (Å²) in [6, 6.07) is 8.18. The van der Waals surface area contributed by atoms with E-state index in [0.717, 1.165) is 22.3 Å². The van der Waals surface area contributed by atoms with E-state index in [9.17, 15) is 10.1 Å². The smallest absolute Gasteiger partial charge is 0.310 e. The molecular formula is C16H16N4O4S. The fourth-order valence-corrected chi connectivity index (χ4v) is 3.03. The van der Waals surface area contributed by atoms with Crippen molar-refractivity contribution in [1.82, 2.24) is 14.8 Å². The van der Waals surface area contributed by atoms with Crippen LogP contribution in [0.3, 0.4) is 0 Å². The number of hydrogen-bond donors (Lipinski definition) is 0. The minimum absolute atomic E-state index is 0.0381. The number of thioether (sulfide) groups is 1. The third kappa shape index (κ3) is 3.66. The molecule has 1 aromatic carbocycles. The lowest BCUT2D eigenvalue weighted by atomic mass is 10.2. The minimum atomic E-state index is -0.454. The van der Waals surface area contributed by atoms with Crippen LogP contribution in [0, 0.1) is 17.0 Å². The molecule has 0 saturated carbocycles. The molecule has 3 rings (SSSR count). The number of aromatic nitrogens is 3. The summed E-state index contributed by atoms with van der Waals surface area (Å²) >= 11 is 1.47. The molecule has 0 N–H and O–H groups in total. The predicted octanol–water partition coefficient (Wildman–Crippen LogP) is 3.46. The fraction of sp³-hybridized carbons (Fsp3) is 0.250. The topological polar surface area (TPSA) is 96.2 Å². The molecule has 130 valence electrons. The zero-order chi connectivity index (χ0) is 17.8. The predicted molar refractivity (Wildman–Crippen MR) is 92.8 cm³/mol. The summed E-state index contributed by atoms with van der Waals surface area (Å²) in [7, 11) is 1.88. The van der Waals surface area contributed by atoms with Crippen molar-refractivity contribution in [2.75, 3.05) is 12.4 Å². The van der Waals surface area contributed by atoms with Gasteiger partial charge in [0.1, 0.15) is 5.76 Å². The Morgan fingerprint density at radius 1 is 1.32 bits per heavy atom. The standard InChI is InChI=1S/C16H16N4O4S/c1-11-12(7-8-23-11)15-17-18-16(19(15)2)25-10-9-24-14-6-4-3-5-13(14)20(21)22/h3-8H,9-10H2,1-2H3. The van der Waals surface area contributed by atoms with Crippen molar-refractivity contribution < 1.29 is 14.1 Å². The molecule has 25 heavy (non-hydrogen) atoms. The lowest BCUT2D eigenvalue weighted by Crippen LogP contribution is -2.03. The van der Waals surface area contributed by atoms with Crippen LogP contribution in [0.4, 0.5) is 5.69 Å². The van der Waals surface area contributed by atoms with Crippen molar-refractivity contribution in [3.8, 4) is 17.1 Å². The number of para-hydroxylation sites is 2. The van der Waals surface area contributed by atoms with Crippen molar-refractivity contribution >= 4 is 17.4 Å². The summed E-state index contributed by atoms with van der Waals surface area (Å²) in [4.78, 5) is 10.5. The van der Waals surface area contributed by atoms with E-state index in [2.05, 4.69) is 10.2 Å². The van der Waals surface area contributed by atoms with Gasteiger partial charge in [0.2, 0.25) is 0 Å². The number of furan rings is 1. The molecule has 0 amide bonds. The van der Waals surface area contributed by atoms with Crippen LogP contribution < -0.4 is 4.74 Å². The van der Waals surface area contributed by atoms with E-state index in [0.29, 0.717) is 12.4 Å². The van der Waals surface area contributed by atoms with E-state index in [-0.39, 0.29) is 11.4 Å². The van der Waals surface area contributed by atoms with Gasteiger partial charge in [0.05, 0.1) is 23.4 Å². The van der Waals surface area contributed by atoms with Gasteiger partial charge < -0.3 is 13.7 Å². The van der Waals surface area contributed by atoms with Crippen LogP contribution in [0.1, 0.15) is 5.76 Å². The average Bonchev–Trinajstić information content (AvgIpc) is 3.17. The molecule has 0 aliphatic heterocycles. The van der Waals surface area contributed by atoms with Gasteiger partial charge in [-0.1, -0.05) is 23.9 Å². The lowest BCUT2D eigenvalue weighted by Gasteiger charge is -2.06. The zero-order valence-electron chi connectivity index (χ0n) is 13.7. The maximum Gasteiger partial charge on any atom is 0.310 e. The van der Waals surface area contributed by atoms with Crippen LogP contribution in [-0.2, 0) is 7.05 Å². The maximum absolute atomic E-state index is 11.0. The van der Waals surface area contributed by atoms with Crippen LogP contribution in [0.5, 0.6) is 5.75 Å². The van der Waals surface area contributed by atoms with Crippen LogP contribution in [0.15, 0.2) is 46.2 Å². The van der Waals surface area contributed by atoms with Crippen molar-refractivity contribution in [3.63, 3.8) is 0 Å². The largest absolute Gasteiger partial charge is 0.486 e. The van der Waals surface area contributed by atoms with Gasteiger partial charge in [-0.2, -0.15) is 0 Å². The number of hydrogen-bond acceptors (Lipinski definition) is 7. The molecule has 0 spiro atoms. The number of aryl methyl sites for hydroxylation is 1. The number of rotatable bonds is 7. The van der Waals surface area contributed by atoms with Crippen LogP contribution >= 0.6 is 11.8 Å². The van der Waals surface area contributed by atoms with Gasteiger partial charge in [0.15, 0.2) is 16.7 Å². The summed E-state index contributed by atoms with van der Waals surface area (Å²) < 4.78 is 12.7. The summed E-state index contributed by atoms with van der Waals surface area (Å²) in [6.07, 6.45) is 1.62.